The minimum Gasteiger partial charge on any atom is -0.493 e. The maximum absolute atomic E-state index is 5.43. The molecule has 4 nitrogen and oxygen atoms in total. The molecule has 1 aromatic heterocycles. The molecule has 1 unspecified atom stereocenters. The molecule has 112 valence electrons. The normalized spacial score (nSPS) is 21.5. The molecule has 1 fully saturated rings. The predicted molar refractivity (Wildman–Crippen MR) is 80.2 cm³/mol. The summed E-state index contributed by atoms with van der Waals surface area (Å²) in [6, 6.07) is 2.36. The number of methoxy groups -OCH3 is 2. The number of pyridine rings is 1. The standard InChI is InChI=1S/C16H26N2O2/c1-16(2)9-6-5-7-14(16)18-11-12-15(20-4)13(19-3)8-10-17-12/h8,10,14,18H,5-7,9,11H2,1-4H3. The molecule has 1 aliphatic carbocycles. The van der Waals surface area contributed by atoms with E-state index >= 15 is 0 Å². The zero-order valence-electron chi connectivity index (χ0n) is 13.0. The summed E-state index contributed by atoms with van der Waals surface area (Å²) in [6.45, 7) is 5.41. The van der Waals surface area contributed by atoms with Crippen LogP contribution in [0, 0.1) is 5.41 Å². The van der Waals surface area contributed by atoms with Crippen LogP contribution in [-0.2, 0) is 6.54 Å². The summed E-state index contributed by atoms with van der Waals surface area (Å²) in [5, 5.41) is 3.66. The second-order valence-electron chi connectivity index (χ2n) is 6.16. The largest absolute Gasteiger partial charge is 0.493 e. The van der Waals surface area contributed by atoms with Crippen LogP contribution in [0.4, 0.5) is 0 Å². The van der Waals surface area contributed by atoms with Crippen molar-refractivity contribution in [3.05, 3.63) is 18.0 Å². The third-order valence-electron chi connectivity index (χ3n) is 4.39. The lowest BCUT2D eigenvalue weighted by atomic mass is 9.73. The number of ether oxygens (including phenoxy) is 2. The molecule has 1 N–H and O–H groups in total. The second-order valence-corrected chi connectivity index (χ2v) is 6.16. The van der Waals surface area contributed by atoms with E-state index in [1.54, 1.807) is 20.4 Å². The van der Waals surface area contributed by atoms with Crippen LogP contribution in [0.3, 0.4) is 0 Å². The Hall–Kier alpha value is -1.29. The molecule has 0 amide bonds. The van der Waals surface area contributed by atoms with Crippen LogP contribution in [0.2, 0.25) is 0 Å². The van der Waals surface area contributed by atoms with Gasteiger partial charge in [-0.05, 0) is 18.3 Å². The van der Waals surface area contributed by atoms with Gasteiger partial charge in [0, 0.05) is 24.8 Å². The quantitative estimate of drug-likeness (QED) is 0.898. The Morgan fingerprint density at radius 1 is 1.30 bits per heavy atom. The van der Waals surface area contributed by atoms with Crippen molar-refractivity contribution >= 4 is 0 Å². The van der Waals surface area contributed by atoms with Crippen LogP contribution in [0.5, 0.6) is 11.5 Å². The zero-order valence-corrected chi connectivity index (χ0v) is 13.0. The van der Waals surface area contributed by atoms with Crippen molar-refractivity contribution in [2.24, 2.45) is 5.41 Å². The fourth-order valence-corrected chi connectivity index (χ4v) is 3.07. The third-order valence-corrected chi connectivity index (χ3v) is 4.39. The zero-order chi connectivity index (χ0) is 14.6. The van der Waals surface area contributed by atoms with Gasteiger partial charge >= 0.3 is 0 Å². The highest BCUT2D eigenvalue weighted by Crippen LogP contribution is 2.36. The summed E-state index contributed by atoms with van der Waals surface area (Å²) in [5.74, 6) is 1.47. The number of hydrogen-bond acceptors (Lipinski definition) is 4. The molecule has 1 aromatic rings. The highest BCUT2D eigenvalue weighted by atomic mass is 16.5. The van der Waals surface area contributed by atoms with E-state index in [1.165, 1.54) is 25.7 Å². The smallest absolute Gasteiger partial charge is 0.183 e. The number of nitrogens with one attached hydrogen (secondary N) is 1. The molecule has 0 radical (unpaired) electrons. The number of nitrogens with zero attached hydrogens (tertiary/aromatic N) is 1. The molecule has 2 rings (SSSR count). The lowest BCUT2D eigenvalue weighted by molar-refractivity contribution is 0.166. The van der Waals surface area contributed by atoms with Gasteiger partial charge in [0.25, 0.3) is 0 Å². The Kier molecular flexibility index (Phi) is 4.86. The first kappa shape index (κ1) is 15.1. The van der Waals surface area contributed by atoms with Gasteiger partial charge < -0.3 is 14.8 Å². The van der Waals surface area contributed by atoms with Crippen molar-refractivity contribution < 1.29 is 9.47 Å². The van der Waals surface area contributed by atoms with E-state index in [0.717, 1.165) is 17.2 Å². The van der Waals surface area contributed by atoms with Crippen LogP contribution in [0.1, 0.15) is 45.2 Å². The molecule has 1 aliphatic rings. The van der Waals surface area contributed by atoms with Gasteiger partial charge in [-0.15, -0.1) is 0 Å². The molecule has 1 atom stereocenters. The Morgan fingerprint density at radius 3 is 2.75 bits per heavy atom. The molecule has 1 heterocycles. The predicted octanol–water partition coefficient (Wildman–Crippen LogP) is 3.16. The average molecular weight is 278 g/mol. The van der Waals surface area contributed by atoms with Crippen molar-refractivity contribution in [3.8, 4) is 11.5 Å². The van der Waals surface area contributed by atoms with E-state index in [9.17, 15) is 0 Å². The van der Waals surface area contributed by atoms with Gasteiger partial charge in [0.05, 0.1) is 19.9 Å². The fourth-order valence-electron chi connectivity index (χ4n) is 3.07. The average Bonchev–Trinajstić information content (AvgIpc) is 2.45. The van der Waals surface area contributed by atoms with Gasteiger partial charge in [0.2, 0.25) is 0 Å². The van der Waals surface area contributed by atoms with E-state index in [0.29, 0.717) is 18.0 Å². The van der Waals surface area contributed by atoms with E-state index in [4.69, 9.17) is 9.47 Å². The number of aromatic nitrogens is 1. The highest BCUT2D eigenvalue weighted by molar-refractivity contribution is 5.42. The SMILES string of the molecule is COc1ccnc(CNC2CCCCC2(C)C)c1OC. The topological polar surface area (TPSA) is 43.4 Å². The summed E-state index contributed by atoms with van der Waals surface area (Å²) in [4.78, 5) is 4.42. The summed E-state index contributed by atoms with van der Waals surface area (Å²) in [5.41, 5.74) is 1.26. The fraction of sp³-hybridized carbons (Fsp3) is 0.688. The summed E-state index contributed by atoms with van der Waals surface area (Å²) in [7, 11) is 3.31. The molecule has 4 heteroatoms. The Morgan fingerprint density at radius 2 is 2.10 bits per heavy atom. The van der Waals surface area contributed by atoms with Crippen molar-refractivity contribution in [3.63, 3.8) is 0 Å². The first-order chi connectivity index (χ1) is 9.58. The van der Waals surface area contributed by atoms with E-state index in [-0.39, 0.29) is 0 Å². The molecule has 0 aliphatic heterocycles. The molecule has 0 spiro atoms. The van der Waals surface area contributed by atoms with Crippen molar-refractivity contribution in [1.29, 1.82) is 0 Å². The molecule has 20 heavy (non-hydrogen) atoms. The molecular formula is C16H26N2O2. The van der Waals surface area contributed by atoms with Crippen LogP contribution < -0.4 is 14.8 Å². The van der Waals surface area contributed by atoms with Crippen LogP contribution in [0.25, 0.3) is 0 Å². The first-order valence-corrected chi connectivity index (χ1v) is 7.37. The van der Waals surface area contributed by atoms with Crippen LogP contribution in [0.15, 0.2) is 12.3 Å². The van der Waals surface area contributed by atoms with Gasteiger partial charge in [-0.1, -0.05) is 26.7 Å². The van der Waals surface area contributed by atoms with Crippen LogP contribution in [-0.4, -0.2) is 25.2 Å². The third kappa shape index (κ3) is 3.23. The maximum atomic E-state index is 5.43. The minimum absolute atomic E-state index is 0.352. The molecular weight excluding hydrogens is 252 g/mol. The van der Waals surface area contributed by atoms with E-state index in [1.807, 2.05) is 6.07 Å². The van der Waals surface area contributed by atoms with E-state index in [2.05, 4.69) is 24.1 Å². The van der Waals surface area contributed by atoms with Gasteiger partial charge in [0.1, 0.15) is 0 Å². The van der Waals surface area contributed by atoms with E-state index < -0.39 is 0 Å². The lowest BCUT2D eigenvalue weighted by Crippen LogP contribution is -2.43. The highest BCUT2D eigenvalue weighted by Gasteiger charge is 2.31. The van der Waals surface area contributed by atoms with Crippen molar-refractivity contribution in [2.45, 2.75) is 52.1 Å². The minimum atomic E-state index is 0.352. The molecule has 1 saturated carbocycles. The summed E-state index contributed by atoms with van der Waals surface area (Å²) in [6.07, 6.45) is 6.94. The Bertz CT molecular complexity index is 446. The van der Waals surface area contributed by atoms with Gasteiger partial charge in [-0.3, -0.25) is 4.98 Å². The second kappa shape index (κ2) is 6.44. The van der Waals surface area contributed by atoms with Gasteiger partial charge in [0.15, 0.2) is 11.5 Å². The van der Waals surface area contributed by atoms with Crippen molar-refractivity contribution in [1.82, 2.24) is 10.3 Å². The number of rotatable bonds is 5. The lowest BCUT2D eigenvalue weighted by Gasteiger charge is -2.39. The number of hydrogen-bond donors (Lipinski definition) is 1. The summed E-state index contributed by atoms with van der Waals surface area (Å²) >= 11 is 0. The summed E-state index contributed by atoms with van der Waals surface area (Å²) < 4.78 is 10.7. The van der Waals surface area contributed by atoms with Crippen molar-refractivity contribution in [2.75, 3.05) is 14.2 Å². The van der Waals surface area contributed by atoms with Gasteiger partial charge in [-0.2, -0.15) is 0 Å². The Balaban J connectivity index is 2.07. The first-order valence-electron chi connectivity index (χ1n) is 7.37. The van der Waals surface area contributed by atoms with Crippen LogP contribution >= 0.6 is 0 Å². The Labute approximate surface area is 121 Å². The molecule has 0 aromatic carbocycles. The molecule has 0 bridgehead atoms. The maximum Gasteiger partial charge on any atom is 0.183 e. The van der Waals surface area contributed by atoms with Gasteiger partial charge in [-0.25, -0.2) is 0 Å². The molecule has 0 saturated heterocycles. The monoisotopic (exact) mass is 278 g/mol.